The quantitative estimate of drug-likeness (QED) is 0.445. The highest BCUT2D eigenvalue weighted by molar-refractivity contribution is 6.31. The fraction of sp³-hybridized carbons (Fsp3) is 0.273. The molecule has 0 bridgehead atoms. The number of hydrogen-bond acceptors (Lipinski definition) is 3. The van der Waals surface area contributed by atoms with E-state index in [4.69, 9.17) is 16.3 Å². The summed E-state index contributed by atoms with van der Waals surface area (Å²) in [6, 6.07) is 9.97. The molecular weight excluding hydrogens is 403 g/mol. The Kier molecular flexibility index (Phi) is 4.99. The summed E-state index contributed by atoms with van der Waals surface area (Å²) in [5.74, 6) is -0.491. The standard InChI is InChI=1S/C22H17ClF3NO2/c1-2-29-21(28)19-18(13-4-3-5-14(10-13)22(24,25)26)16-11-15(23)8-9-17(16)27-20(19)12-6-7-12/h3-5,8-12H,2,6-7H2,1H3. The number of halogens is 4. The van der Waals surface area contributed by atoms with Gasteiger partial charge in [0, 0.05) is 21.9 Å². The summed E-state index contributed by atoms with van der Waals surface area (Å²) in [5, 5.41) is 0.922. The van der Waals surface area contributed by atoms with E-state index in [1.807, 2.05) is 0 Å². The Balaban J connectivity index is 2.08. The molecule has 0 unspecified atom stereocenters. The number of carbonyl (C=O) groups excluding carboxylic acids is 1. The van der Waals surface area contributed by atoms with E-state index in [9.17, 15) is 18.0 Å². The lowest BCUT2D eigenvalue weighted by molar-refractivity contribution is -0.137. The molecule has 0 N–H and O–H groups in total. The van der Waals surface area contributed by atoms with Gasteiger partial charge in [-0.2, -0.15) is 13.2 Å². The third-order valence-corrected chi connectivity index (χ3v) is 5.13. The molecule has 0 spiro atoms. The highest BCUT2D eigenvalue weighted by Gasteiger charge is 2.35. The van der Waals surface area contributed by atoms with Gasteiger partial charge in [0.25, 0.3) is 0 Å². The maximum Gasteiger partial charge on any atom is 0.416 e. The number of ether oxygens (including phenoxy) is 1. The number of aromatic nitrogens is 1. The van der Waals surface area contributed by atoms with Crippen molar-refractivity contribution in [3.05, 3.63) is 64.3 Å². The summed E-state index contributed by atoms with van der Waals surface area (Å²) in [4.78, 5) is 17.5. The van der Waals surface area contributed by atoms with Crippen LogP contribution >= 0.6 is 11.6 Å². The van der Waals surface area contributed by atoms with Crippen LogP contribution < -0.4 is 0 Å². The molecule has 1 aliphatic rings. The number of benzene rings is 2. The van der Waals surface area contributed by atoms with E-state index in [1.54, 1.807) is 31.2 Å². The molecule has 0 radical (unpaired) electrons. The maximum atomic E-state index is 13.3. The average Bonchev–Trinajstić information content (AvgIpc) is 3.51. The number of alkyl halides is 3. The van der Waals surface area contributed by atoms with Crippen molar-refractivity contribution in [2.45, 2.75) is 31.9 Å². The third-order valence-electron chi connectivity index (χ3n) is 4.90. The van der Waals surface area contributed by atoms with E-state index in [0.717, 1.165) is 25.0 Å². The number of rotatable bonds is 4. The van der Waals surface area contributed by atoms with Crippen LogP contribution in [0.3, 0.4) is 0 Å². The van der Waals surface area contributed by atoms with E-state index >= 15 is 0 Å². The van der Waals surface area contributed by atoms with Gasteiger partial charge in [0.05, 0.1) is 28.9 Å². The monoisotopic (exact) mass is 419 g/mol. The fourth-order valence-electron chi connectivity index (χ4n) is 3.47. The van der Waals surface area contributed by atoms with Gasteiger partial charge < -0.3 is 4.74 Å². The molecule has 150 valence electrons. The minimum atomic E-state index is -4.50. The molecule has 1 saturated carbocycles. The second-order valence-corrected chi connectivity index (χ2v) is 7.42. The second-order valence-electron chi connectivity index (χ2n) is 6.98. The molecule has 3 aromatic rings. The Morgan fingerprint density at radius 2 is 1.97 bits per heavy atom. The van der Waals surface area contributed by atoms with Gasteiger partial charge in [-0.25, -0.2) is 4.79 Å². The smallest absolute Gasteiger partial charge is 0.416 e. The van der Waals surface area contributed by atoms with Gasteiger partial charge in [-0.15, -0.1) is 0 Å². The van der Waals surface area contributed by atoms with Crippen LogP contribution in [0.15, 0.2) is 42.5 Å². The number of esters is 1. The topological polar surface area (TPSA) is 39.2 Å². The first-order chi connectivity index (χ1) is 13.8. The van der Waals surface area contributed by atoms with E-state index < -0.39 is 17.7 Å². The first-order valence-corrected chi connectivity index (χ1v) is 9.65. The zero-order valence-electron chi connectivity index (χ0n) is 15.5. The molecule has 0 saturated heterocycles. The lowest BCUT2D eigenvalue weighted by Crippen LogP contribution is -2.12. The molecule has 0 aliphatic heterocycles. The van der Waals surface area contributed by atoms with Crippen molar-refractivity contribution in [3.8, 4) is 11.1 Å². The number of hydrogen-bond donors (Lipinski definition) is 0. The van der Waals surface area contributed by atoms with Crippen LogP contribution in [0.25, 0.3) is 22.0 Å². The van der Waals surface area contributed by atoms with Crippen LogP contribution in [0.4, 0.5) is 13.2 Å². The molecular formula is C22H17ClF3NO2. The molecule has 2 aromatic carbocycles. The Morgan fingerprint density at radius 3 is 2.62 bits per heavy atom. The molecule has 1 aliphatic carbocycles. The molecule has 1 fully saturated rings. The van der Waals surface area contributed by atoms with E-state index in [-0.39, 0.29) is 23.7 Å². The van der Waals surface area contributed by atoms with Gasteiger partial charge in [-0.1, -0.05) is 23.7 Å². The lowest BCUT2D eigenvalue weighted by Gasteiger charge is -2.18. The number of nitrogens with zero attached hydrogens (tertiary/aromatic N) is 1. The van der Waals surface area contributed by atoms with Crippen LogP contribution in [0.1, 0.15) is 47.3 Å². The number of fused-ring (bicyclic) bond motifs is 1. The van der Waals surface area contributed by atoms with Gasteiger partial charge in [0.15, 0.2) is 0 Å². The normalized spacial score (nSPS) is 14.2. The van der Waals surface area contributed by atoms with Crippen molar-refractivity contribution in [2.75, 3.05) is 6.61 Å². The molecule has 3 nitrogen and oxygen atoms in total. The van der Waals surface area contributed by atoms with Crippen molar-refractivity contribution in [1.29, 1.82) is 0 Å². The third kappa shape index (κ3) is 3.81. The highest BCUT2D eigenvalue weighted by atomic mass is 35.5. The van der Waals surface area contributed by atoms with Crippen molar-refractivity contribution in [3.63, 3.8) is 0 Å². The van der Waals surface area contributed by atoms with Gasteiger partial charge in [0.1, 0.15) is 0 Å². The highest BCUT2D eigenvalue weighted by Crippen LogP contribution is 2.46. The first-order valence-electron chi connectivity index (χ1n) is 9.27. The van der Waals surface area contributed by atoms with Crippen LogP contribution in [0.5, 0.6) is 0 Å². The van der Waals surface area contributed by atoms with Crippen molar-refractivity contribution < 1.29 is 22.7 Å². The molecule has 0 amide bonds. The van der Waals surface area contributed by atoms with Gasteiger partial charge in [0.2, 0.25) is 0 Å². The fourth-order valence-corrected chi connectivity index (χ4v) is 3.64. The van der Waals surface area contributed by atoms with Crippen LogP contribution in [0.2, 0.25) is 5.02 Å². The van der Waals surface area contributed by atoms with Crippen molar-refractivity contribution in [2.24, 2.45) is 0 Å². The van der Waals surface area contributed by atoms with Crippen LogP contribution in [0, 0.1) is 0 Å². The van der Waals surface area contributed by atoms with Crippen molar-refractivity contribution >= 4 is 28.5 Å². The minimum absolute atomic E-state index is 0.0963. The summed E-state index contributed by atoms with van der Waals surface area (Å²) >= 11 is 6.17. The van der Waals surface area contributed by atoms with Crippen LogP contribution in [-0.2, 0) is 10.9 Å². The van der Waals surface area contributed by atoms with Crippen LogP contribution in [-0.4, -0.2) is 17.6 Å². The summed E-state index contributed by atoms with van der Waals surface area (Å²) in [6.45, 7) is 1.84. The van der Waals surface area contributed by atoms with E-state index in [0.29, 0.717) is 27.2 Å². The summed E-state index contributed by atoms with van der Waals surface area (Å²) in [6.07, 6.45) is -2.75. The largest absolute Gasteiger partial charge is 0.462 e. The van der Waals surface area contributed by atoms with Gasteiger partial charge in [-0.3, -0.25) is 4.98 Å². The SMILES string of the molecule is CCOC(=O)c1c(C2CC2)nc2ccc(Cl)cc2c1-c1cccc(C(F)(F)F)c1. The van der Waals surface area contributed by atoms with E-state index in [1.165, 1.54) is 6.07 Å². The lowest BCUT2D eigenvalue weighted by atomic mass is 9.92. The summed E-state index contributed by atoms with van der Waals surface area (Å²) in [7, 11) is 0. The Bertz CT molecular complexity index is 1110. The van der Waals surface area contributed by atoms with Gasteiger partial charge >= 0.3 is 12.1 Å². The number of pyridine rings is 1. The van der Waals surface area contributed by atoms with E-state index in [2.05, 4.69) is 4.98 Å². The Labute approximate surface area is 170 Å². The first kappa shape index (κ1) is 19.7. The zero-order valence-corrected chi connectivity index (χ0v) is 16.3. The minimum Gasteiger partial charge on any atom is -0.462 e. The zero-order chi connectivity index (χ0) is 20.8. The molecule has 7 heteroatoms. The number of carbonyl (C=O) groups is 1. The molecule has 4 rings (SSSR count). The molecule has 0 atom stereocenters. The average molecular weight is 420 g/mol. The predicted molar refractivity (Wildman–Crippen MR) is 105 cm³/mol. The summed E-state index contributed by atoms with van der Waals surface area (Å²) < 4.78 is 45.3. The Hall–Kier alpha value is -2.60. The van der Waals surface area contributed by atoms with Crippen molar-refractivity contribution in [1.82, 2.24) is 4.98 Å². The maximum absolute atomic E-state index is 13.3. The molecule has 29 heavy (non-hydrogen) atoms. The second kappa shape index (κ2) is 7.34. The molecule has 1 heterocycles. The predicted octanol–water partition coefficient (Wildman–Crippen LogP) is 6.63. The molecule has 1 aromatic heterocycles. The Morgan fingerprint density at radius 1 is 1.21 bits per heavy atom. The summed E-state index contributed by atoms with van der Waals surface area (Å²) in [5.41, 5.74) is 1.25. The van der Waals surface area contributed by atoms with Gasteiger partial charge in [-0.05, 0) is 55.7 Å².